The molecule has 0 aromatic carbocycles. The van der Waals surface area contributed by atoms with Crippen LogP contribution < -0.4 is 4.90 Å². The van der Waals surface area contributed by atoms with Crippen molar-refractivity contribution in [3.8, 4) is 0 Å². The molecule has 0 bridgehead atoms. The van der Waals surface area contributed by atoms with Gasteiger partial charge in [0.2, 0.25) is 5.76 Å². The fourth-order valence-electron chi connectivity index (χ4n) is 3.26. The van der Waals surface area contributed by atoms with Crippen LogP contribution in [0.3, 0.4) is 0 Å². The molecule has 28 heavy (non-hydrogen) atoms. The molecule has 1 amide bonds. The first-order chi connectivity index (χ1) is 13.4. The van der Waals surface area contributed by atoms with Gasteiger partial charge in [0.05, 0.1) is 11.7 Å². The molecule has 0 unspecified atom stereocenters. The second kappa shape index (κ2) is 7.10. The van der Waals surface area contributed by atoms with Crippen molar-refractivity contribution in [2.45, 2.75) is 12.6 Å². The van der Waals surface area contributed by atoms with Crippen molar-refractivity contribution in [2.24, 2.45) is 0 Å². The molecule has 3 aromatic rings. The minimum Gasteiger partial charge on any atom is -0.354 e. The Bertz CT molecular complexity index is 991. The lowest BCUT2D eigenvalue weighted by Crippen LogP contribution is -2.35. The number of pyridine rings is 2. The maximum atomic E-state index is 12.9. The molecule has 10 heteroatoms. The highest BCUT2D eigenvalue weighted by Crippen LogP contribution is 2.31. The number of rotatable bonds is 2. The van der Waals surface area contributed by atoms with Gasteiger partial charge in [-0.05, 0) is 24.6 Å². The zero-order chi connectivity index (χ0) is 19.7. The number of anilines is 1. The Kier molecular flexibility index (Phi) is 4.62. The highest BCUT2D eigenvalue weighted by molar-refractivity contribution is 5.92. The molecule has 0 spiro atoms. The van der Waals surface area contributed by atoms with Gasteiger partial charge in [-0.15, -0.1) is 0 Å². The van der Waals surface area contributed by atoms with Crippen molar-refractivity contribution in [3.63, 3.8) is 0 Å². The summed E-state index contributed by atoms with van der Waals surface area (Å²) in [5.74, 6) is 0.509. The van der Waals surface area contributed by atoms with Gasteiger partial charge in [0.1, 0.15) is 11.5 Å². The normalized spacial score (nSPS) is 15.7. The molecular weight excluding hydrogens is 375 g/mol. The summed E-state index contributed by atoms with van der Waals surface area (Å²) >= 11 is 0. The van der Waals surface area contributed by atoms with E-state index in [4.69, 9.17) is 4.52 Å². The number of nitrogens with zero attached hydrogens (tertiary/aromatic N) is 5. The first-order valence-corrected chi connectivity index (χ1v) is 8.71. The van der Waals surface area contributed by atoms with E-state index < -0.39 is 11.9 Å². The Morgan fingerprint density at radius 2 is 1.89 bits per heavy atom. The van der Waals surface area contributed by atoms with Gasteiger partial charge in [-0.2, -0.15) is 13.2 Å². The average Bonchev–Trinajstić information content (AvgIpc) is 3.11. The third kappa shape index (κ3) is 3.49. The van der Waals surface area contributed by atoms with Crippen LogP contribution in [0.25, 0.3) is 10.9 Å². The van der Waals surface area contributed by atoms with E-state index in [1.807, 2.05) is 4.90 Å². The van der Waals surface area contributed by atoms with E-state index in [-0.39, 0.29) is 17.2 Å². The van der Waals surface area contributed by atoms with Crippen LogP contribution in [0.5, 0.6) is 0 Å². The molecule has 7 nitrogen and oxygen atoms in total. The van der Waals surface area contributed by atoms with E-state index >= 15 is 0 Å². The zero-order valence-electron chi connectivity index (χ0n) is 14.7. The molecular formula is C18H16F3N5O2. The van der Waals surface area contributed by atoms with Gasteiger partial charge in [0, 0.05) is 43.8 Å². The lowest BCUT2D eigenvalue weighted by atomic mass is 10.2. The molecule has 0 saturated carbocycles. The summed E-state index contributed by atoms with van der Waals surface area (Å²) in [4.78, 5) is 24.2. The average molecular weight is 391 g/mol. The molecule has 4 heterocycles. The molecule has 1 aliphatic heterocycles. The number of amides is 1. The summed E-state index contributed by atoms with van der Waals surface area (Å²) in [5.41, 5.74) is -0.699. The summed E-state index contributed by atoms with van der Waals surface area (Å²) < 4.78 is 43.7. The predicted molar refractivity (Wildman–Crippen MR) is 93.8 cm³/mol. The van der Waals surface area contributed by atoms with Gasteiger partial charge in [-0.3, -0.25) is 4.79 Å². The highest BCUT2D eigenvalue weighted by Gasteiger charge is 2.33. The molecule has 0 atom stereocenters. The largest absolute Gasteiger partial charge is 0.433 e. The van der Waals surface area contributed by atoms with Gasteiger partial charge >= 0.3 is 6.18 Å². The SMILES string of the molecule is O=C(c1ccno1)N1CCCN(c2nccc3nc(C(F)(F)F)ccc23)CC1. The molecule has 1 saturated heterocycles. The van der Waals surface area contributed by atoms with Crippen LogP contribution in [0, 0.1) is 0 Å². The monoisotopic (exact) mass is 391 g/mol. The first kappa shape index (κ1) is 18.2. The minimum atomic E-state index is -4.50. The van der Waals surface area contributed by atoms with Crippen LogP contribution in [0.1, 0.15) is 22.7 Å². The van der Waals surface area contributed by atoms with Crippen molar-refractivity contribution in [1.29, 1.82) is 0 Å². The van der Waals surface area contributed by atoms with E-state index in [0.717, 1.165) is 6.07 Å². The summed E-state index contributed by atoms with van der Waals surface area (Å²) in [6.07, 6.45) is -0.944. The Morgan fingerprint density at radius 1 is 1.04 bits per heavy atom. The second-order valence-corrected chi connectivity index (χ2v) is 6.40. The molecule has 0 N–H and O–H groups in total. The van der Waals surface area contributed by atoms with Crippen molar-refractivity contribution < 1.29 is 22.5 Å². The third-order valence-electron chi connectivity index (χ3n) is 4.62. The van der Waals surface area contributed by atoms with Crippen molar-refractivity contribution in [1.82, 2.24) is 20.0 Å². The zero-order valence-corrected chi connectivity index (χ0v) is 14.7. The van der Waals surface area contributed by atoms with E-state index in [1.54, 1.807) is 4.90 Å². The number of alkyl halides is 3. The van der Waals surface area contributed by atoms with Crippen LogP contribution in [-0.4, -0.2) is 52.1 Å². The van der Waals surface area contributed by atoms with Crippen LogP contribution in [-0.2, 0) is 6.18 Å². The molecule has 146 valence electrons. The minimum absolute atomic E-state index is 0.181. The Hall–Kier alpha value is -3.17. The summed E-state index contributed by atoms with van der Waals surface area (Å²) in [6, 6.07) is 5.34. The van der Waals surface area contributed by atoms with E-state index in [1.165, 1.54) is 30.6 Å². The maximum Gasteiger partial charge on any atom is 0.433 e. The van der Waals surface area contributed by atoms with Gasteiger partial charge < -0.3 is 14.3 Å². The number of halogens is 3. The van der Waals surface area contributed by atoms with Crippen molar-refractivity contribution in [3.05, 3.63) is 48.1 Å². The third-order valence-corrected chi connectivity index (χ3v) is 4.62. The lowest BCUT2D eigenvalue weighted by Gasteiger charge is -2.23. The topological polar surface area (TPSA) is 75.4 Å². The number of aromatic nitrogens is 3. The Balaban J connectivity index is 1.57. The van der Waals surface area contributed by atoms with E-state index in [0.29, 0.717) is 43.8 Å². The quantitative estimate of drug-likeness (QED) is 0.669. The van der Waals surface area contributed by atoms with Gasteiger partial charge in [-0.25, -0.2) is 9.97 Å². The summed E-state index contributed by atoms with van der Waals surface area (Å²) in [6.45, 7) is 2.09. The standard InChI is InChI=1S/C18H16F3N5O2/c19-18(20,21)15-3-2-12-13(24-15)4-6-22-16(12)25-8-1-9-26(11-10-25)17(27)14-5-7-23-28-14/h2-7H,1,8-11H2. The summed E-state index contributed by atoms with van der Waals surface area (Å²) in [5, 5.41) is 4.10. The lowest BCUT2D eigenvalue weighted by molar-refractivity contribution is -0.140. The van der Waals surface area contributed by atoms with Crippen LogP contribution in [0.15, 0.2) is 41.2 Å². The van der Waals surface area contributed by atoms with Gasteiger partial charge in [0.15, 0.2) is 0 Å². The number of fused-ring (bicyclic) bond motifs is 1. The molecule has 0 radical (unpaired) electrons. The molecule has 3 aromatic heterocycles. The highest BCUT2D eigenvalue weighted by atomic mass is 19.4. The number of carbonyl (C=O) groups excluding carboxylic acids is 1. The maximum absolute atomic E-state index is 12.9. The van der Waals surface area contributed by atoms with Gasteiger partial charge in [-0.1, -0.05) is 5.16 Å². The molecule has 0 aliphatic carbocycles. The molecule has 1 fully saturated rings. The van der Waals surface area contributed by atoms with E-state index in [9.17, 15) is 18.0 Å². The number of hydrogen-bond acceptors (Lipinski definition) is 6. The van der Waals surface area contributed by atoms with E-state index in [2.05, 4.69) is 15.1 Å². The fourth-order valence-corrected chi connectivity index (χ4v) is 3.26. The van der Waals surface area contributed by atoms with Crippen LogP contribution >= 0.6 is 0 Å². The molecule has 1 aliphatic rings. The summed E-state index contributed by atoms with van der Waals surface area (Å²) in [7, 11) is 0. The van der Waals surface area contributed by atoms with Crippen molar-refractivity contribution in [2.75, 3.05) is 31.1 Å². The first-order valence-electron chi connectivity index (χ1n) is 8.71. The van der Waals surface area contributed by atoms with Crippen LogP contribution in [0.4, 0.5) is 19.0 Å². The number of carbonyl (C=O) groups is 1. The van der Waals surface area contributed by atoms with Gasteiger partial charge in [0.25, 0.3) is 5.91 Å². The Labute approximate surface area is 157 Å². The fraction of sp³-hybridized carbons (Fsp3) is 0.333. The second-order valence-electron chi connectivity index (χ2n) is 6.40. The van der Waals surface area contributed by atoms with Crippen LogP contribution in [0.2, 0.25) is 0 Å². The Morgan fingerprint density at radius 3 is 2.64 bits per heavy atom. The smallest absolute Gasteiger partial charge is 0.354 e. The van der Waals surface area contributed by atoms with Crippen molar-refractivity contribution >= 4 is 22.6 Å². The predicted octanol–water partition coefficient (Wildman–Crippen LogP) is 2.99. The molecule has 4 rings (SSSR count). The number of hydrogen-bond donors (Lipinski definition) is 0.